The zero-order valence-corrected chi connectivity index (χ0v) is 22.9. The zero-order valence-electron chi connectivity index (χ0n) is 20.5. The molecule has 11 heteroatoms. The molecule has 2 aliphatic rings. The van der Waals surface area contributed by atoms with Crippen LogP contribution in [0.25, 0.3) is 0 Å². The van der Waals surface area contributed by atoms with Gasteiger partial charge < -0.3 is 4.90 Å². The molecule has 8 nitrogen and oxygen atoms in total. The summed E-state index contributed by atoms with van der Waals surface area (Å²) < 4.78 is 13.8. The smallest absolute Gasteiger partial charge is 0.225 e. The highest BCUT2D eigenvalue weighted by Crippen LogP contribution is 2.40. The number of thiophene rings is 1. The third-order valence-electron chi connectivity index (χ3n) is 6.46. The lowest BCUT2D eigenvalue weighted by atomic mass is 9.99. The number of halogens is 1. The Labute approximate surface area is 222 Å². The van der Waals surface area contributed by atoms with E-state index in [1.807, 2.05) is 26.0 Å². The molecule has 0 saturated carbocycles. The second kappa shape index (κ2) is 10.8. The fourth-order valence-electron chi connectivity index (χ4n) is 4.40. The molecule has 2 N–H and O–H groups in total. The topological polar surface area (TPSA) is 104 Å². The molecule has 36 heavy (non-hydrogen) atoms. The molecule has 0 radical (unpaired) electrons. The Balaban J connectivity index is 1.71. The number of carbonyl (C=O) groups excluding carboxylic acids is 1. The number of aryl methyl sites for hydroxylation is 1. The molecular formula is C25H29ClN6O2S2. The number of amidine groups is 2. The van der Waals surface area contributed by atoms with Crippen LogP contribution in [0.1, 0.15) is 34.9 Å². The standard InChI is InChI=1S/C25H29ClN6O2S2/c1-5-36(34)31-12-10-30(11-13-31)21(33)14-20-24(28)32(17(4)27)25-22(15(2)16(3)35-25)23(29-20)18-6-8-19(26)9-7-18/h5-9,20,27-28H,1,10-14H2,2-4H3/t20-,36?/m0/s1. The number of nitrogens with one attached hydrogen (secondary N) is 2. The van der Waals surface area contributed by atoms with Gasteiger partial charge in [0.25, 0.3) is 0 Å². The van der Waals surface area contributed by atoms with Gasteiger partial charge in [0.2, 0.25) is 5.91 Å². The van der Waals surface area contributed by atoms with Gasteiger partial charge in [-0.05, 0) is 38.5 Å². The molecule has 0 bridgehead atoms. The first-order chi connectivity index (χ1) is 17.1. The fourth-order valence-corrected chi connectivity index (χ4v) is 6.49. The number of rotatable bonds is 5. The predicted molar refractivity (Wildman–Crippen MR) is 149 cm³/mol. The Morgan fingerprint density at radius 3 is 2.47 bits per heavy atom. The molecule has 1 fully saturated rings. The maximum atomic E-state index is 13.3. The molecule has 4 rings (SSSR count). The van der Waals surface area contributed by atoms with Crippen molar-refractivity contribution in [3.05, 3.63) is 62.8 Å². The van der Waals surface area contributed by atoms with Crippen molar-refractivity contribution in [1.29, 1.82) is 10.8 Å². The summed E-state index contributed by atoms with van der Waals surface area (Å²) in [6.07, 6.45) is 0.0111. The number of fused-ring (bicyclic) bond motifs is 1. The molecule has 1 unspecified atom stereocenters. The number of benzene rings is 1. The van der Waals surface area contributed by atoms with E-state index in [0.717, 1.165) is 26.6 Å². The first kappa shape index (κ1) is 26.4. The van der Waals surface area contributed by atoms with Crippen LogP contribution in [0.2, 0.25) is 5.02 Å². The van der Waals surface area contributed by atoms with E-state index in [9.17, 15) is 9.00 Å². The Kier molecular flexibility index (Phi) is 7.89. The highest BCUT2D eigenvalue weighted by Gasteiger charge is 2.36. The van der Waals surface area contributed by atoms with Crippen LogP contribution in [-0.4, -0.2) is 68.9 Å². The largest absolute Gasteiger partial charge is 0.340 e. The minimum absolute atomic E-state index is 0.0111. The summed E-state index contributed by atoms with van der Waals surface area (Å²) in [6, 6.07) is 6.63. The number of piperazine rings is 1. The molecule has 0 spiro atoms. The SMILES string of the molecule is C=CS(=O)N1CCN(C(=O)C[C@@H]2N=C(c3ccc(Cl)cc3)c3c(sc(C)c3C)N(C(C)=N)C2=N)CC1. The number of anilines is 1. The van der Waals surface area contributed by atoms with E-state index in [1.165, 1.54) is 16.7 Å². The Morgan fingerprint density at radius 2 is 1.89 bits per heavy atom. The van der Waals surface area contributed by atoms with E-state index in [1.54, 1.807) is 33.2 Å². The van der Waals surface area contributed by atoms with Gasteiger partial charge in [-0.15, -0.1) is 11.3 Å². The van der Waals surface area contributed by atoms with Crippen molar-refractivity contribution < 1.29 is 9.00 Å². The molecule has 190 valence electrons. The van der Waals surface area contributed by atoms with Gasteiger partial charge in [0, 0.05) is 52.6 Å². The lowest BCUT2D eigenvalue weighted by molar-refractivity contribution is -0.132. The van der Waals surface area contributed by atoms with Gasteiger partial charge in [0.1, 0.15) is 33.7 Å². The number of hydrogen-bond donors (Lipinski definition) is 2. The second-order valence-electron chi connectivity index (χ2n) is 8.73. The summed E-state index contributed by atoms with van der Waals surface area (Å²) in [6.45, 7) is 11.2. The van der Waals surface area contributed by atoms with Crippen LogP contribution in [0.3, 0.4) is 0 Å². The average Bonchev–Trinajstić information content (AvgIpc) is 3.08. The van der Waals surface area contributed by atoms with E-state index < -0.39 is 17.0 Å². The number of nitrogens with zero attached hydrogens (tertiary/aromatic N) is 4. The van der Waals surface area contributed by atoms with E-state index in [-0.39, 0.29) is 24.0 Å². The summed E-state index contributed by atoms with van der Waals surface area (Å²) in [5, 5.41) is 20.3. The van der Waals surface area contributed by atoms with Crippen LogP contribution in [0, 0.1) is 24.7 Å². The Bertz CT molecular complexity index is 1280. The minimum Gasteiger partial charge on any atom is -0.340 e. The summed E-state index contributed by atoms with van der Waals surface area (Å²) in [4.78, 5) is 22.7. The number of carbonyl (C=O) groups is 1. The summed E-state index contributed by atoms with van der Waals surface area (Å²) in [5.41, 5.74) is 3.46. The van der Waals surface area contributed by atoms with Gasteiger partial charge in [-0.2, -0.15) is 0 Å². The molecule has 0 aliphatic carbocycles. The number of amides is 1. The lowest BCUT2D eigenvalue weighted by Crippen LogP contribution is -2.50. The summed E-state index contributed by atoms with van der Waals surface area (Å²) in [7, 11) is -1.25. The van der Waals surface area contributed by atoms with Crippen molar-refractivity contribution in [1.82, 2.24) is 9.21 Å². The van der Waals surface area contributed by atoms with Crippen molar-refractivity contribution in [3.8, 4) is 0 Å². The molecule has 1 amide bonds. The van der Waals surface area contributed by atoms with Crippen molar-refractivity contribution in [3.63, 3.8) is 0 Å². The second-order valence-corrected chi connectivity index (χ2v) is 11.8. The monoisotopic (exact) mass is 544 g/mol. The Morgan fingerprint density at radius 1 is 1.25 bits per heavy atom. The van der Waals surface area contributed by atoms with Crippen LogP contribution < -0.4 is 4.90 Å². The van der Waals surface area contributed by atoms with Crippen LogP contribution >= 0.6 is 22.9 Å². The van der Waals surface area contributed by atoms with E-state index in [2.05, 4.69) is 6.58 Å². The third-order valence-corrected chi connectivity index (χ3v) is 9.06. The third kappa shape index (κ3) is 5.08. The normalized spacial score (nSPS) is 19.4. The van der Waals surface area contributed by atoms with Gasteiger partial charge in [-0.3, -0.25) is 25.5 Å². The van der Waals surface area contributed by atoms with Crippen molar-refractivity contribution in [2.75, 3.05) is 31.1 Å². The molecule has 1 aromatic heterocycles. The first-order valence-corrected chi connectivity index (χ1v) is 13.9. The van der Waals surface area contributed by atoms with Crippen molar-refractivity contribution in [2.24, 2.45) is 4.99 Å². The van der Waals surface area contributed by atoms with Gasteiger partial charge in [0.15, 0.2) is 0 Å². The van der Waals surface area contributed by atoms with E-state index in [4.69, 9.17) is 27.4 Å². The number of aliphatic imine (C=N–C) groups is 1. The average molecular weight is 545 g/mol. The molecule has 2 aliphatic heterocycles. The summed E-state index contributed by atoms with van der Waals surface area (Å²) >= 11 is 7.67. The van der Waals surface area contributed by atoms with Crippen LogP contribution in [0.15, 0.2) is 41.2 Å². The maximum Gasteiger partial charge on any atom is 0.225 e. The molecule has 1 aromatic carbocycles. The van der Waals surface area contributed by atoms with Crippen LogP contribution in [-0.2, 0) is 15.8 Å². The van der Waals surface area contributed by atoms with E-state index in [0.29, 0.717) is 36.9 Å². The highest BCUT2D eigenvalue weighted by molar-refractivity contribution is 7.85. The maximum absolute atomic E-state index is 13.3. The predicted octanol–water partition coefficient (Wildman–Crippen LogP) is 4.36. The van der Waals surface area contributed by atoms with Gasteiger partial charge in [0.05, 0.1) is 12.1 Å². The number of hydrogen-bond acceptors (Lipinski definition) is 6. The molecule has 1 saturated heterocycles. The van der Waals surface area contributed by atoms with Gasteiger partial charge >= 0.3 is 0 Å². The Hall–Kier alpha value is -2.66. The van der Waals surface area contributed by atoms with Gasteiger partial charge in [-0.25, -0.2) is 8.51 Å². The molecule has 3 heterocycles. The van der Waals surface area contributed by atoms with Gasteiger partial charge in [-0.1, -0.05) is 30.3 Å². The molecule has 2 atom stereocenters. The van der Waals surface area contributed by atoms with Crippen molar-refractivity contribution in [2.45, 2.75) is 33.2 Å². The zero-order chi connectivity index (χ0) is 26.1. The first-order valence-electron chi connectivity index (χ1n) is 11.6. The quantitative estimate of drug-likeness (QED) is 0.431. The minimum atomic E-state index is -1.25. The molecular weight excluding hydrogens is 516 g/mol. The lowest BCUT2D eigenvalue weighted by Gasteiger charge is -2.34. The van der Waals surface area contributed by atoms with Crippen LogP contribution in [0.4, 0.5) is 5.00 Å². The van der Waals surface area contributed by atoms with E-state index >= 15 is 0 Å². The van der Waals surface area contributed by atoms with Crippen LogP contribution in [0.5, 0.6) is 0 Å². The fraction of sp³-hybridized carbons (Fsp3) is 0.360. The molecule has 2 aromatic rings. The van der Waals surface area contributed by atoms with Crippen molar-refractivity contribution >= 4 is 62.2 Å². The summed E-state index contributed by atoms with van der Waals surface area (Å²) in [5.74, 6) is 0.190. The highest BCUT2D eigenvalue weighted by atomic mass is 35.5.